The Kier molecular flexibility index (Phi) is 5.12. The second-order valence-electron chi connectivity index (χ2n) is 4.19. The molecule has 0 aliphatic rings. The number of para-hydroxylation sites is 1. The van der Waals surface area contributed by atoms with Crippen LogP contribution in [0.25, 0.3) is 10.9 Å². The summed E-state index contributed by atoms with van der Waals surface area (Å²) < 4.78 is 5.28. The maximum atomic E-state index is 5.28. The third-order valence-electron chi connectivity index (χ3n) is 2.91. The standard InChI is InChI=1S/C15H20N2O/c1-2-18-12-11-16-10-8-14-6-3-5-13-7-4-9-17-15(13)14/h3-7,9,16H,2,8,10-12H2,1H3. The number of pyridine rings is 1. The Hall–Kier alpha value is -1.45. The molecule has 0 amide bonds. The minimum Gasteiger partial charge on any atom is -0.380 e. The molecule has 0 radical (unpaired) electrons. The van der Waals surface area contributed by atoms with Crippen LogP contribution in [0.4, 0.5) is 0 Å². The first-order chi connectivity index (χ1) is 8.92. The highest BCUT2D eigenvalue weighted by molar-refractivity contribution is 5.81. The van der Waals surface area contributed by atoms with E-state index in [1.54, 1.807) is 0 Å². The Morgan fingerprint density at radius 2 is 2.06 bits per heavy atom. The number of ether oxygens (including phenoxy) is 1. The average Bonchev–Trinajstić information content (AvgIpc) is 2.43. The van der Waals surface area contributed by atoms with Crippen molar-refractivity contribution >= 4 is 10.9 Å². The quantitative estimate of drug-likeness (QED) is 0.759. The SMILES string of the molecule is CCOCCNCCc1cccc2cccnc12. The van der Waals surface area contributed by atoms with Crippen LogP contribution in [0.1, 0.15) is 12.5 Å². The fraction of sp³-hybridized carbons (Fsp3) is 0.400. The topological polar surface area (TPSA) is 34.1 Å². The van der Waals surface area contributed by atoms with Gasteiger partial charge in [-0.15, -0.1) is 0 Å². The van der Waals surface area contributed by atoms with Crippen LogP contribution >= 0.6 is 0 Å². The van der Waals surface area contributed by atoms with E-state index in [0.29, 0.717) is 0 Å². The third kappa shape index (κ3) is 3.52. The van der Waals surface area contributed by atoms with E-state index in [0.717, 1.165) is 38.2 Å². The van der Waals surface area contributed by atoms with Gasteiger partial charge in [0.2, 0.25) is 0 Å². The van der Waals surface area contributed by atoms with Gasteiger partial charge in [-0.3, -0.25) is 4.98 Å². The van der Waals surface area contributed by atoms with Crippen LogP contribution in [0.15, 0.2) is 36.5 Å². The lowest BCUT2D eigenvalue weighted by molar-refractivity contribution is 0.149. The first-order valence-corrected chi connectivity index (χ1v) is 6.53. The molecule has 0 saturated heterocycles. The fourth-order valence-corrected chi connectivity index (χ4v) is 2.01. The molecule has 2 aromatic rings. The van der Waals surface area contributed by atoms with Crippen molar-refractivity contribution in [2.75, 3.05) is 26.3 Å². The Morgan fingerprint density at radius 3 is 2.94 bits per heavy atom. The molecule has 0 aliphatic heterocycles. The largest absolute Gasteiger partial charge is 0.380 e. The van der Waals surface area contributed by atoms with Gasteiger partial charge in [-0.05, 0) is 31.5 Å². The fourth-order valence-electron chi connectivity index (χ4n) is 2.01. The molecule has 0 bridgehead atoms. The van der Waals surface area contributed by atoms with Crippen molar-refractivity contribution in [1.82, 2.24) is 10.3 Å². The summed E-state index contributed by atoms with van der Waals surface area (Å²) in [6.07, 6.45) is 2.86. The Morgan fingerprint density at radius 1 is 1.17 bits per heavy atom. The van der Waals surface area contributed by atoms with Gasteiger partial charge in [0.1, 0.15) is 0 Å². The predicted molar refractivity (Wildman–Crippen MR) is 74.8 cm³/mol. The summed E-state index contributed by atoms with van der Waals surface area (Å²) in [6.45, 7) is 5.45. The molecule has 1 aromatic heterocycles. The molecule has 0 spiro atoms. The van der Waals surface area contributed by atoms with Crippen LogP contribution in [0, 0.1) is 0 Å². The van der Waals surface area contributed by atoms with Crippen LogP contribution in [0.2, 0.25) is 0 Å². The Labute approximate surface area is 108 Å². The lowest BCUT2D eigenvalue weighted by Gasteiger charge is -2.07. The number of nitrogens with zero attached hydrogens (tertiary/aromatic N) is 1. The maximum absolute atomic E-state index is 5.28. The van der Waals surface area contributed by atoms with E-state index in [1.807, 2.05) is 19.2 Å². The van der Waals surface area contributed by atoms with Crippen LogP contribution in [-0.4, -0.2) is 31.3 Å². The van der Waals surface area contributed by atoms with Gasteiger partial charge >= 0.3 is 0 Å². The van der Waals surface area contributed by atoms with Gasteiger partial charge in [-0.25, -0.2) is 0 Å². The predicted octanol–water partition coefficient (Wildman–Crippen LogP) is 2.40. The second-order valence-corrected chi connectivity index (χ2v) is 4.19. The van der Waals surface area contributed by atoms with E-state index in [9.17, 15) is 0 Å². The van der Waals surface area contributed by atoms with Crippen molar-refractivity contribution in [3.63, 3.8) is 0 Å². The molecule has 0 aliphatic carbocycles. The molecule has 3 nitrogen and oxygen atoms in total. The smallest absolute Gasteiger partial charge is 0.0734 e. The number of hydrogen-bond donors (Lipinski definition) is 1. The van der Waals surface area contributed by atoms with Crippen molar-refractivity contribution in [3.05, 3.63) is 42.1 Å². The Bertz CT molecular complexity index is 479. The maximum Gasteiger partial charge on any atom is 0.0734 e. The molecule has 3 heteroatoms. The molecule has 18 heavy (non-hydrogen) atoms. The second kappa shape index (κ2) is 7.09. The Balaban J connectivity index is 1.88. The van der Waals surface area contributed by atoms with Crippen LogP contribution in [0.3, 0.4) is 0 Å². The zero-order valence-corrected chi connectivity index (χ0v) is 10.9. The van der Waals surface area contributed by atoms with Crippen molar-refractivity contribution in [1.29, 1.82) is 0 Å². The number of hydrogen-bond acceptors (Lipinski definition) is 3. The molecule has 2 rings (SSSR count). The lowest BCUT2D eigenvalue weighted by atomic mass is 10.1. The summed E-state index contributed by atoms with van der Waals surface area (Å²) in [5, 5.41) is 4.59. The highest BCUT2D eigenvalue weighted by atomic mass is 16.5. The first-order valence-electron chi connectivity index (χ1n) is 6.53. The van der Waals surface area contributed by atoms with Crippen molar-refractivity contribution in [2.45, 2.75) is 13.3 Å². The summed E-state index contributed by atoms with van der Waals surface area (Å²) in [5.41, 5.74) is 2.42. The van der Waals surface area contributed by atoms with Gasteiger partial charge in [-0.1, -0.05) is 24.3 Å². The number of rotatable bonds is 7. The molecule has 1 aromatic carbocycles. The van der Waals surface area contributed by atoms with Crippen molar-refractivity contribution < 1.29 is 4.74 Å². The van der Waals surface area contributed by atoms with Gasteiger partial charge in [0.05, 0.1) is 12.1 Å². The van der Waals surface area contributed by atoms with Gasteiger partial charge in [-0.2, -0.15) is 0 Å². The highest BCUT2D eigenvalue weighted by Crippen LogP contribution is 2.15. The zero-order chi connectivity index (χ0) is 12.6. The summed E-state index contributed by atoms with van der Waals surface area (Å²) >= 11 is 0. The summed E-state index contributed by atoms with van der Waals surface area (Å²) in [5.74, 6) is 0. The van der Waals surface area contributed by atoms with E-state index < -0.39 is 0 Å². The van der Waals surface area contributed by atoms with Gasteiger partial charge < -0.3 is 10.1 Å². The van der Waals surface area contributed by atoms with Crippen molar-refractivity contribution in [2.24, 2.45) is 0 Å². The molecule has 0 atom stereocenters. The van der Waals surface area contributed by atoms with Gasteiger partial charge in [0, 0.05) is 24.7 Å². The number of aromatic nitrogens is 1. The van der Waals surface area contributed by atoms with Gasteiger partial charge in [0.15, 0.2) is 0 Å². The minimum absolute atomic E-state index is 0.782. The summed E-state index contributed by atoms with van der Waals surface area (Å²) in [6, 6.07) is 10.4. The van der Waals surface area contributed by atoms with E-state index in [1.165, 1.54) is 10.9 Å². The first kappa shape index (κ1) is 13.0. The summed E-state index contributed by atoms with van der Waals surface area (Å²) in [4.78, 5) is 4.46. The van der Waals surface area contributed by atoms with Crippen LogP contribution < -0.4 is 5.32 Å². The van der Waals surface area contributed by atoms with E-state index >= 15 is 0 Å². The average molecular weight is 244 g/mol. The number of nitrogens with one attached hydrogen (secondary N) is 1. The third-order valence-corrected chi connectivity index (χ3v) is 2.91. The molecule has 0 fully saturated rings. The van der Waals surface area contributed by atoms with E-state index in [-0.39, 0.29) is 0 Å². The monoisotopic (exact) mass is 244 g/mol. The van der Waals surface area contributed by atoms with Crippen LogP contribution in [0.5, 0.6) is 0 Å². The molecule has 1 N–H and O–H groups in total. The van der Waals surface area contributed by atoms with E-state index in [4.69, 9.17) is 4.74 Å². The van der Waals surface area contributed by atoms with Crippen molar-refractivity contribution in [3.8, 4) is 0 Å². The molecule has 96 valence electrons. The lowest BCUT2D eigenvalue weighted by Crippen LogP contribution is -2.22. The number of fused-ring (bicyclic) bond motifs is 1. The molecular formula is C15H20N2O. The molecule has 0 saturated carbocycles. The summed E-state index contributed by atoms with van der Waals surface area (Å²) in [7, 11) is 0. The van der Waals surface area contributed by atoms with Gasteiger partial charge in [0.25, 0.3) is 0 Å². The molecular weight excluding hydrogens is 224 g/mol. The minimum atomic E-state index is 0.782. The molecule has 0 unspecified atom stereocenters. The number of benzene rings is 1. The van der Waals surface area contributed by atoms with E-state index in [2.05, 4.69) is 34.6 Å². The highest BCUT2D eigenvalue weighted by Gasteiger charge is 2.00. The molecule has 1 heterocycles. The zero-order valence-electron chi connectivity index (χ0n) is 10.9. The van der Waals surface area contributed by atoms with Crippen LogP contribution in [-0.2, 0) is 11.2 Å². The normalized spacial score (nSPS) is 10.9.